The van der Waals surface area contributed by atoms with Gasteiger partial charge < -0.3 is 14.5 Å². The van der Waals surface area contributed by atoms with E-state index in [0.29, 0.717) is 13.2 Å². The lowest BCUT2D eigenvalue weighted by Gasteiger charge is -2.31. The van der Waals surface area contributed by atoms with Gasteiger partial charge in [-0.05, 0) is 12.1 Å². The monoisotopic (exact) mass is 293 g/mol. The maximum absolute atomic E-state index is 12.7. The fourth-order valence-electron chi connectivity index (χ4n) is 2.53. The van der Waals surface area contributed by atoms with Gasteiger partial charge in [-0.3, -0.25) is 4.79 Å². The number of anilines is 1. The lowest BCUT2D eigenvalue weighted by atomic mass is 10.2. The Morgan fingerprint density at radius 2 is 1.95 bits per heavy atom. The third kappa shape index (κ3) is 2.91. The van der Waals surface area contributed by atoms with Crippen molar-refractivity contribution in [1.82, 2.24) is 9.88 Å². The zero-order chi connectivity index (χ0) is 13.8. The predicted octanol–water partition coefficient (Wildman–Crippen LogP) is 1.11. The molecule has 0 aliphatic carbocycles. The molecule has 0 N–H and O–H groups in total. The number of ether oxygens (including phenoxy) is 1. The fraction of sp³-hybridized carbons (Fsp3) is 0.571. The fourth-order valence-corrected chi connectivity index (χ4v) is 3.43. The first-order valence-electron chi connectivity index (χ1n) is 7.01. The van der Waals surface area contributed by atoms with E-state index in [0.717, 1.165) is 49.1 Å². The Morgan fingerprint density at radius 3 is 2.70 bits per heavy atom. The minimum Gasteiger partial charge on any atom is -0.378 e. The number of pyridine rings is 1. The number of hydrogen-bond acceptors (Lipinski definition) is 5. The van der Waals surface area contributed by atoms with Crippen molar-refractivity contribution in [3.63, 3.8) is 0 Å². The van der Waals surface area contributed by atoms with Gasteiger partial charge in [0.1, 0.15) is 5.82 Å². The largest absolute Gasteiger partial charge is 0.378 e. The molecule has 0 spiro atoms. The van der Waals surface area contributed by atoms with E-state index in [1.807, 2.05) is 28.8 Å². The van der Waals surface area contributed by atoms with E-state index < -0.39 is 0 Å². The summed E-state index contributed by atoms with van der Waals surface area (Å²) >= 11 is 1.91. The van der Waals surface area contributed by atoms with Crippen LogP contribution in [0.2, 0.25) is 0 Å². The van der Waals surface area contributed by atoms with Crippen LogP contribution in [0.4, 0.5) is 5.82 Å². The molecule has 2 fully saturated rings. The Kier molecular flexibility index (Phi) is 4.42. The van der Waals surface area contributed by atoms with Crippen molar-refractivity contribution >= 4 is 23.5 Å². The Bertz CT molecular complexity index is 471. The smallest absolute Gasteiger partial charge is 0.257 e. The van der Waals surface area contributed by atoms with Crippen molar-refractivity contribution in [3.8, 4) is 0 Å². The molecule has 0 bridgehead atoms. The maximum atomic E-state index is 12.7. The highest BCUT2D eigenvalue weighted by Crippen LogP contribution is 2.21. The number of thioether (sulfide) groups is 1. The first-order chi connectivity index (χ1) is 9.86. The first kappa shape index (κ1) is 13.7. The average Bonchev–Trinajstić information content (AvgIpc) is 2.56. The van der Waals surface area contributed by atoms with E-state index >= 15 is 0 Å². The molecule has 3 heterocycles. The van der Waals surface area contributed by atoms with Gasteiger partial charge in [0.15, 0.2) is 0 Å². The molecule has 1 aromatic rings. The molecule has 0 unspecified atom stereocenters. The summed E-state index contributed by atoms with van der Waals surface area (Å²) in [5.41, 5.74) is 0.723. The van der Waals surface area contributed by atoms with Gasteiger partial charge in [0, 0.05) is 43.9 Å². The number of amides is 1. The van der Waals surface area contributed by atoms with Crippen LogP contribution in [0.25, 0.3) is 0 Å². The van der Waals surface area contributed by atoms with E-state index in [9.17, 15) is 4.79 Å². The maximum Gasteiger partial charge on any atom is 0.257 e. The number of hydrogen-bond donors (Lipinski definition) is 0. The summed E-state index contributed by atoms with van der Waals surface area (Å²) in [6.45, 7) is 4.66. The molecule has 2 saturated heterocycles. The summed E-state index contributed by atoms with van der Waals surface area (Å²) in [7, 11) is 0. The van der Waals surface area contributed by atoms with E-state index in [-0.39, 0.29) is 5.91 Å². The summed E-state index contributed by atoms with van der Waals surface area (Å²) in [5, 5.41) is 0. The molecule has 6 heteroatoms. The van der Waals surface area contributed by atoms with Crippen LogP contribution < -0.4 is 4.90 Å². The Morgan fingerprint density at radius 1 is 1.20 bits per heavy atom. The van der Waals surface area contributed by atoms with Crippen LogP contribution in [0.5, 0.6) is 0 Å². The van der Waals surface area contributed by atoms with Crippen LogP contribution >= 0.6 is 11.8 Å². The van der Waals surface area contributed by atoms with E-state index in [1.165, 1.54) is 0 Å². The SMILES string of the molecule is O=C(c1cccnc1N1CCOCC1)N1CCSCC1. The summed E-state index contributed by atoms with van der Waals surface area (Å²) in [6.07, 6.45) is 1.76. The summed E-state index contributed by atoms with van der Waals surface area (Å²) in [6, 6.07) is 3.73. The minimum absolute atomic E-state index is 0.111. The number of aromatic nitrogens is 1. The highest BCUT2D eigenvalue weighted by atomic mass is 32.2. The van der Waals surface area contributed by atoms with E-state index in [2.05, 4.69) is 9.88 Å². The minimum atomic E-state index is 0.111. The molecule has 20 heavy (non-hydrogen) atoms. The van der Waals surface area contributed by atoms with Gasteiger partial charge in [0.25, 0.3) is 5.91 Å². The predicted molar refractivity (Wildman–Crippen MR) is 80.5 cm³/mol. The Balaban J connectivity index is 1.82. The van der Waals surface area contributed by atoms with E-state index in [4.69, 9.17) is 4.74 Å². The molecule has 108 valence electrons. The molecule has 2 aliphatic rings. The van der Waals surface area contributed by atoms with Crippen LogP contribution in [-0.4, -0.2) is 66.7 Å². The Labute approximate surface area is 123 Å². The highest BCUT2D eigenvalue weighted by Gasteiger charge is 2.24. The summed E-state index contributed by atoms with van der Waals surface area (Å²) in [4.78, 5) is 21.2. The van der Waals surface area contributed by atoms with E-state index in [1.54, 1.807) is 6.20 Å². The molecule has 3 rings (SSSR count). The average molecular weight is 293 g/mol. The molecule has 1 aromatic heterocycles. The molecular formula is C14H19N3O2S. The number of nitrogens with zero attached hydrogens (tertiary/aromatic N) is 3. The summed E-state index contributed by atoms with van der Waals surface area (Å²) < 4.78 is 5.37. The van der Waals surface area contributed by atoms with Gasteiger partial charge in [0.05, 0.1) is 18.8 Å². The first-order valence-corrected chi connectivity index (χ1v) is 8.16. The standard InChI is InChI=1S/C14H19N3O2S/c18-14(17-6-10-20-11-7-17)12-2-1-3-15-13(12)16-4-8-19-9-5-16/h1-3H,4-11H2. The second-order valence-corrected chi connectivity index (χ2v) is 6.10. The number of morpholine rings is 1. The zero-order valence-corrected chi connectivity index (χ0v) is 12.3. The lowest BCUT2D eigenvalue weighted by molar-refractivity contribution is 0.0771. The van der Waals surface area contributed by atoms with Crippen molar-refractivity contribution < 1.29 is 9.53 Å². The second-order valence-electron chi connectivity index (χ2n) is 4.88. The van der Waals surface area contributed by atoms with Crippen LogP contribution in [0, 0.1) is 0 Å². The van der Waals surface area contributed by atoms with Crippen molar-refractivity contribution in [3.05, 3.63) is 23.9 Å². The van der Waals surface area contributed by atoms with Crippen molar-refractivity contribution in [2.75, 3.05) is 55.8 Å². The normalized spacial score (nSPS) is 20.0. The number of carbonyl (C=O) groups excluding carboxylic acids is 1. The van der Waals surface area contributed by atoms with Gasteiger partial charge in [-0.25, -0.2) is 4.98 Å². The van der Waals surface area contributed by atoms with Gasteiger partial charge >= 0.3 is 0 Å². The molecular weight excluding hydrogens is 274 g/mol. The highest BCUT2D eigenvalue weighted by molar-refractivity contribution is 7.99. The third-order valence-electron chi connectivity index (χ3n) is 3.63. The number of carbonyl (C=O) groups is 1. The second kappa shape index (κ2) is 6.45. The molecule has 1 amide bonds. The topological polar surface area (TPSA) is 45.7 Å². The molecule has 0 radical (unpaired) electrons. The van der Waals surface area contributed by atoms with Gasteiger partial charge in [-0.1, -0.05) is 0 Å². The molecule has 5 nitrogen and oxygen atoms in total. The van der Waals surface area contributed by atoms with Gasteiger partial charge in [0.2, 0.25) is 0 Å². The summed E-state index contributed by atoms with van der Waals surface area (Å²) in [5.74, 6) is 2.97. The van der Waals surface area contributed by atoms with Gasteiger partial charge in [-0.15, -0.1) is 0 Å². The lowest BCUT2D eigenvalue weighted by Crippen LogP contribution is -2.41. The quantitative estimate of drug-likeness (QED) is 0.817. The van der Waals surface area contributed by atoms with Crippen LogP contribution in [0.1, 0.15) is 10.4 Å². The van der Waals surface area contributed by atoms with Crippen molar-refractivity contribution in [2.24, 2.45) is 0 Å². The van der Waals surface area contributed by atoms with Crippen molar-refractivity contribution in [1.29, 1.82) is 0 Å². The Hall–Kier alpha value is -1.27. The number of rotatable bonds is 2. The van der Waals surface area contributed by atoms with Crippen LogP contribution in [0.3, 0.4) is 0 Å². The molecule has 0 atom stereocenters. The molecule has 0 aromatic carbocycles. The zero-order valence-electron chi connectivity index (χ0n) is 11.5. The molecule has 2 aliphatic heterocycles. The molecule has 0 saturated carbocycles. The van der Waals surface area contributed by atoms with Crippen LogP contribution in [0.15, 0.2) is 18.3 Å². The third-order valence-corrected chi connectivity index (χ3v) is 4.57. The van der Waals surface area contributed by atoms with Crippen LogP contribution in [-0.2, 0) is 4.74 Å². The van der Waals surface area contributed by atoms with Crippen molar-refractivity contribution in [2.45, 2.75) is 0 Å². The van der Waals surface area contributed by atoms with Gasteiger partial charge in [-0.2, -0.15) is 11.8 Å².